The van der Waals surface area contributed by atoms with Crippen LogP contribution in [0.25, 0.3) is 22.5 Å². The molecule has 20 heavy (non-hydrogen) atoms. The zero-order valence-electron chi connectivity index (χ0n) is 11.1. The molecular formula is C18H14N2. The molecule has 0 fully saturated rings. The van der Waals surface area contributed by atoms with Crippen molar-refractivity contribution in [2.75, 3.05) is 0 Å². The number of aryl methyl sites for hydroxylation is 2. The van der Waals surface area contributed by atoms with E-state index in [1.807, 2.05) is 24.5 Å². The Labute approximate surface area is 118 Å². The zero-order chi connectivity index (χ0) is 13.4. The van der Waals surface area contributed by atoms with Gasteiger partial charge in [-0.1, -0.05) is 36.4 Å². The van der Waals surface area contributed by atoms with Crippen LogP contribution in [0.3, 0.4) is 0 Å². The Balaban J connectivity index is 1.85. The fourth-order valence-corrected chi connectivity index (χ4v) is 2.83. The van der Waals surface area contributed by atoms with Gasteiger partial charge in [0.25, 0.3) is 0 Å². The van der Waals surface area contributed by atoms with Crippen LogP contribution in [0, 0.1) is 0 Å². The van der Waals surface area contributed by atoms with Gasteiger partial charge in [-0.25, -0.2) is 0 Å². The molecule has 0 radical (unpaired) electrons. The predicted octanol–water partition coefficient (Wildman–Crippen LogP) is 3.91. The lowest BCUT2D eigenvalue weighted by molar-refractivity contribution is 0.913. The van der Waals surface area contributed by atoms with Crippen molar-refractivity contribution >= 4 is 0 Å². The van der Waals surface area contributed by atoms with E-state index in [0.717, 1.165) is 24.2 Å². The molecule has 0 bridgehead atoms. The van der Waals surface area contributed by atoms with E-state index in [-0.39, 0.29) is 0 Å². The summed E-state index contributed by atoms with van der Waals surface area (Å²) in [7, 11) is 0. The van der Waals surface area contributed by atoms with Crippen LogP contribution in [-0.4, -0.2) is 9.97 Å². The van der Waals surface area contributed by atoms with Crippen molar-refractivity contribution in [1.29, 1.82) is 0 Å². The Morgan fingerprint density at radius 3 is 2.40 bits per heavy atom. The van der Waals surface area contributed by atoms with E-state index in [1.54, 1.807) is 0 Å². The maximum atomic E-state index is 4.67. The first-order chi connectivity index (χ1) is 9.92. The SMILES string of the molecule is c1ccc(-c2cnc3c(c2)CCc2cccnc2-3)cc1. The average Bonchev–Trinajstić information content (AvgIpc) is 2.55. The summed E-state index contributed by atoms with van der Waals surface area (Å²) < 4.78 is 0. The van der Waals surface area contributed by atoms with E-state index in [4.69, 9.17) is 0 Å². The minimum absolute atomic E-state index is 1.04. The van der Waals surface area contributed by atoms with Gasteiger partial charge in [0.2, 0.25) is 0 Å². The third-order valence-electron chi connectivity index (χ3n) is 3.85. The first kappa shape index (κ1) is 11.4. The first-order valence-corrected chi connectivity index (χ1v) is 6.90. The van der Waals surface area contributed by atoms with Crippen molar-refractivity contribution in [1.82, 2.24) is 9.97 Å². The highest BCUT2D eigenvalue weighted by molar-refractivity contribution is 5.71. The van der Waals surface area contributed by atoms with Crippen LogP contribution in [0.1, 0.15) is 11.1 Å². The summed E-state index contributed by atoms with van der Waals surface area (Å²) in [6.45, 7) is 0. The van der Waals surface area contributed by atoms with E-state index < -0.39 is 0 Å². The Kier molecular flexibility index (Phi) is 2.59. The highest BCUT2D eigenvalue weighted by Crippen LogP contribution is 2.32. The molecule has 2 heterocycles. The summed E-state index contributed by atoms with van der Waals surface area (Å²) in [5.41, 5.74) is 7.11. The van der Waals surface area contributed by atoms with Crippen molar-refractivity contribution in [2.45, 2.75) is 12.8 Å². The number of pyridine rings is 2. The molecule has 1 aliphatic rings. The van der Waals surface area contributed by atoms with Gasteiger partial charge in [-0.3, -0.25) is 9.97 Å². The van der Waals surface area contributed by atoms with E-state index in [2.05, 4.69) is 46.4 Å². The minimum Gasteiger partial charge on any atom is -0.254 e. The highest BCUT2D eigenvalue weighted by atomic mass is 14.8. The molecule has 0 saturated heterocycles. The summed E-state index contributed by atoms with van der Waals surface area (Å²) in [6.07, 6.45) is 5.90. The lowest BCUT2D eigenvalue weighted by Crippen LogP contribution is -2.07. The van der Waals surface area contributed by atoms with Gasteiger partial charge >= 0.3 is 0 Å². The molecule has 4 rings (SSSR count). The van der Waals surface area contributed by atoms with Crippen molar-refractivity contribution in [3.8, 4) is 22.5 Å². The molecule has 0 aliphatic heterocycles. The van der Waals surface area contributed by atoms with Crippen molar-refractivity contribution in [3.05, 3.63) is 72.1 Å². The normalized spacial score (nSPS) is 12.6. The molecule has 3 aromatic rings. The number of fused-ring (bicyclic) bond motifs is 3. The molecule has 96 valence electrons. The van der Waals surface area contributed by atoms with Gasteiger partial charge in [-0.2, -0.15) is 0 Å². The molecule has 0 N–H and O–H groups in total. The molecule has 2 aromatic heterocycles. The maximum absolute atomic E-state index is 4.67. The summed E-state index contributed by atoms with van der Waals surface area (Å²) in [5.74, 6) is 0. The number of hydrogen-bond acceptors (Lipinski definition) is 2. The first-order valence-electron chi connectivity index (χ1n) is 6.90. The highest BCUT2D eigenvalue weighted by Gasteiger charge is 2.18. The second-order valence-corrected chi connectivity index (χ2v) is 5.11. The number of hydrogen-bond donors (Lipinski definition) is 0. The number of nitrogens with zero attached hydrogens (tertiary/aromatic N) is 2. The van der Waals surface area contributed by atoms with Crippen molar-refractivity contribution in [3.63, 3.8) is 0 Å². The van der Waals surface area contributed by atoms with Crippen LogP contribution >= 0.6 is 0 Å². The molecule has 2 heteroatoms. The fourth-order valence-electron chi connectivity index (χ4n) is 2.83. The second kappa shape index (κ2) is 4.57. The van der Waals surface area contributed by atoms with E-state index >= 15 is 0 Å². The van der Waals surface area contributed by atoms with Crippen molar-refractivity contribution < 1.29 is 0 Å². The van der Waals surface area contributed by atoms with Gasteiger partial charge in [-0.05, 0) is 41.7 Å². The Morgan fingerprint density at radius 1 is 0.700 bits per heavy atom. The smallest absolute Gasteiger partial charge is 0.0921 e. The van der Waals surface area contributed by atoms with E-state index in [1.165, 1.54) is 22.3 Å². The summed E-state index contributed by atoms with van der Waals surface area (Å²) in [6, 6.07) is 16.8. The molecule has 0 amide bonds. The van der Waals surface area contributed by atoms with Crippen molar-refractivity contribution in [2.24, 2.45) is 0 Å². The monoisotopic (exact) mass is 258 g/mol. The quantitative estimate of drug-likeness (QED) is 0.661. The van der Waals surface area contributed by atoms with Gasteiger partial charge in [0.15, 0.2) is 0 Å². The number of rotatable bonds is 1. The maximum Gasteiger partial charge on any atom is 0.0921 e. The van der Waals surface area contributed by atoms with Gasteiger partial charge in [0.1, 0.15) is 0 Å². The van der Waals surface area contributed by atoms with E-state index in [0.29, 0.717) is 0 Å². The lowest BCUT2D eigenvalue weighted by Gasteiger charge is -2.18. The summed E-state index contributed by atoms with van der Waals surface area (Å²) in [4.78, 5) is 9.17. The molecule has 0 spiro atoms. The van der Waals surface area contributed by atoms with Crippen LogP contribution in [0.5, 0.6) is 0 Å². The summed E-state index contributed by atoms with van der Waals surface area (Å²) in [5, 5.41) is 0. The Bertz CT molecular complexity index is 763. The average molecular weight is 258 g/mol. The molecular weight excluding hydrogens is 244 g/mol. The van der Waals surface area contributed by atoms with Gasteiger partial charge in [0, 0.05) is 18.0 Å². The van der Waals surface area contributed by atoms with Crippen LogP contribution in [-0.2, 0) is 12.8 Å². The summed E-state index contributed by atoms with van der Waals surface area (Å²) >= 11 is 0. The van der Waals surface area contributed by atoms with Crippen LogP contribution in [0.2, 0.25) is 0 Å². The standard InChI is InChI=1S/C18H14N2/c1-2-5-13(6-3-1)16-11-15-9-8-14-7-4-10-19-17(14)18(15)20-12-16/h1-7,10-12H,8-9H2. The van der Waals surface area contributed by atoms with Gasteiger partial charge in [-0.15, -0.1) is 0 Å². The Hall–Kier alpha value is -2.48. The third kappa shape index (κ3) is 1.81. The van der Waals surface area contributed by atoms with Gasteiger partial charge < -0.3 is 0 Å². The topological polar surface area (TPSA) is 25.8 Å². The molecule has 0 unspecified atom stereocenters. The predicted molar refractivity (Wildman–Crippen MR) is 80.3 cm³/mol. The fraction of sp³-hybridized carbons (Fsp3) is 0.111. The largest absolute Gasteiger partial charge is 0.254 e. The third-order valence-corrected chi connectivity index (χ3v) is 3.85. The minimum atomic E-state index is 1.04. The second-order valence-electron chi connectivity index (χ2n) is 5.11. The molecule has 1 aromatic carbocycles. The van der Waals surface area contributed by atoms with Crippen LogP contribution in [0.15, 0.2) is 60.9 Å². The zero-order valence-corrected chi connectivity index (χ0v) is 11.1. The molecule has 0 atom stereocenters. The van der Waals surface area contributed by atoms with Crippen LogP contribution < -0.4 is 0 Å². The number of benzene rings is 1. The lowest BCUT2D eigenvalue weighted by atomic mass is 9.91. The molecule has 0 saturated carbocycles. The van der Waals surface area contributed by atoms with E-state index in [9.17, 15) is 0 Å². The van der Waals surface area contributed by atoms with Crippen LogP contribution in [0.4, 0.5) is 0 Å². The molecule has 2 nitrogen and oxygen atoms in total. The number of aromatic nitrogens is 2. The molecule has 1 aliphatic carbocycles. The van der Waals surface area contributed by atoms with Gasteiger partial charge in [0.05, 0.1) is 11.4 Å². The Morgan fingerprint density at radius 2 is 1.50 bits per heavy atom.